The van der Waals surface area contributed by atoms with Crippen LogP contribution in [-0.4, -0.2) is 11.1 Å². The zero-order valence-corrected chi connectivity index (χ0v) is 7.71. The highest BCUT2D eigenvalue weighted by Gasteiger charge is 2.28. The Morgan fingerprint density at radius 1 is 1.25 bits per heavy atom. The topological polar surface area (TPSA) is 0 Å². The highest BCUT2D eigenvalue weighted by atomic mass is 35.5. The van der Waals surface area contributed by atoms with Gasteiger partial charge in [-0.15, -0.1) is 11.6 Å². The Kier molecular flexibility index (Phi) is 3.35. The first-order valence-electron chi connectivity index (χ1n) is 3.32. The van der Waals surface area contributed by atoms with Crippen molar-refractivity contribution in [2.24, 2.45) is 0 Å². The van der Waals surface area contributed by atoms with Crippen LogP contribution in [0.5, 0.6) is 0 Å². The molecular weight excluding hydrogens is 202 g/mol. The van der Waals surface area contributed by atoms with Gasteiger partial charge in [0.2, 0.25) is 0 Å². The molecule has 4 heteroatoms. The third kappa shape index (κ3) is 2.99. The van der Waals surface area contributed by atoms with E-state index in [1.54, 1.807) is 30.3 Å². The Balaban J connectivity index is 2.64. The predicted octanol–water partition coefficient (Wildman–Crippen LogP) is 3.61. The standard InChI is InChI=1S/C8H7ClF2S/c9-6-8(10,11)12-7-4-2-1-3-5-7/h1-5H,6H2. The minimum absolute atomic E-state index is 0.481. The van der Waals surface area contributed by atoms with Crippen LogP contribution in [0.3, 0.4) is 0 Å². The van der Waals surface area contributed by atoms with E-state index in [9.17, 15) is 8.78 Å². The summed E-state index contributed by atoms with van der Waals surface area (Å²) >= 11 is 5.55. The van der Waals surface area contributed by atoms with E-state index in [1.165, 1.54) is 0 Å². The number of hydrogen-bond acceptors (Lipinski definition) is 1. The molecular formula is C8H7ClF2S. The van der Waals surface area contributed by atoms with E-state index in [-0.39, 0.29) is 0 Å². The summed E-state index contributed by atoms with van der Waals surface area (Å²) in [4.78, 5) is 0.531. The van der Waals surface area contributed by atoms with E-state index in [1.807, 2.05) is 0 Å². The summed E-state index contributed by atoms with van der Waals surface area (Å²) in [7, 11) is 0. The summed E-state index contributed by atoms with van der Waals surface area (Å²) in [6.45, 7) is 0. The van der Waals surface area contributed by atoms with Crippen molar-refractivity contribution in [1.29, 1.82) is 0 Å². The van der Waals surface area contributed by atoms with E-state index in [2.05, 4.69) is 0 Å². The Morgan fingerprint density at radius 2 is 1.83 bits per heavy atom. The Labute approximate surface area is 78.9 Å². The zero-order chi connectivity index (χ0) is 9.03. The maximum Gasteiger partial charge on any atom is 0.311 e. The smallest absolute Gasteiger partial charge is 0.192 e. The average Bonchev–Trinajstić information content (AvgIpc) is 2.06. The molecule has 0 heterocycles. The monoisotopic (exact) mass is 208 g/mol. The molecule has 12 heavy (non-hydrogen) atoms. The van der Waals surface area contributed by atoms with E-state index in [0.29, 0.717) is 16.7 Å². The lowest BCUT2D eigenvalue weighted by Gasteiger charge is -2.11. The third-order valence-electron chi connectivity index (χ3n) is 1.17. The van der Waals surface area contributed by atoms with Gasteiger partial charge in [-0.25, -0.2) is 0 Å². The Bertz CT molecular complexity index is 238. The fraction of sp³-hybridized carbons (Fsp3) is 0.250. The average molecular weight is 209 g/mol. The molecule has 0 N–H and O–H groups in total. The van der Waals surface area contributed by atoms with Crippen LogP contribution in [0.25, 0.3) is 0 Å². The van der Waals surface area contributed by atoms with Crippen molar-refractivity contribution < 1.29 is 8.78 Å². The molecule has 0 spiro atoms. The van der Waals surface area contributed by atoms with Crippen LogP contribution in [-0.2, 0) is 0 Å². The second-order valence-electron chi connectivity index (χ2n) is 2.19. The van der Waals surface area contributed by atoms with Gasteiger partial charge in [0.05, 0.1) is 5.88 Å². The van der Waals surface area contributed by atoms with Crippen molar-refractivity contribution >= 4 is 23.4 Å². The van der Waals surface area contributed by atoms with Gasteiger partial charge < -0.3 is 0 Å². The van der Waals surface area contributed by atoms with Gasteiger partial charge in [-0.05, 0) is 12.1 Å². The molecule has 0 bridgehead atoms. The van der Waals surface area contributed by atoms with Crippen LogP contribution in [0.4, 0.5) is 8.78 Å². The first kappa shape index (κ1) is 9.81. The summed E-state index contributed by atoms with van der Waals surface area (Å²) in [5, 5.41) is -2.87. The molecule has 0 aliphatic carbocycles. The molecule has 1 aromatic rings. The number of alkyl halides is 3. The largest absolute Gasteiger partial charge is 0.311 e. The lowest BCUT2D eigenvalue weighted by Crippen LogP contribution is -2.11. The number of thioether (sulfide) groups is 1. The van der Waals surface area contributed by atoms with Crippen molar-refractivity contribution in [2.75, 3.05) is 5.88 Å². The van der Waals surface area contributed by atoms with Gasteiger partial charge in [0.1, 0.15) is 0 Å². The Morgan fingerprint density at radius 3 is 2.33 bits per heavy atom. The quantitative estimate of drug-likeness (QED) is 0.540. The normalized spacial score (nSPS) is 11.6. The molecule has 0 radical (unpaired) electrons. The minimum atomic E-state index is -2.87. The molecule has 0 aromatic heterocycles. The maximum atomic E-state index is 12.7. The lowest BCUT2D eigenvalue weighted by molar-refractivity contribution is 0.133. The molecule has 0 unspecified atom stereocenters. The third-order valence-corrected chi connectivity index (χ3v) is 2.61. The molecule has 66 valence electrons. The maximum absolute atomic E-state index is 12.7. The van der Waals surface area contributed by atoms with E-state index >= 15 is 0 Å². The number of rotatable bonds is 3. The molecule has 0 saturated carbocycles. The summed E-state index contributed by atoms with van der Waals surface area (Å²) < 4.78 is 25.3. The summed E-state index contributed by atoms with van der Waals surface area (Å²) in [6, 6.07) is 8.47. The zero-order valence-electron chi connectivity index (χ0n) is 6.14. The van der Waals surface area contributed by atoms with E-state index in [0.717, 1.165) is 0 Å². The molecule has 0 fully saturated rings. The van der Waals surface area contributed by atoms with Crippen LogP contribution in [0.1, 0.15) is 0 Å². The molecule has 0 aliphatic heterocycles. The van der Waals surface area contributed by atoms with Crippen LogP contribution in [0.2, 0.25) is 0 Å². The highest BCUT2D eigenvalue weighted by Crippen LogP contribution is 2.36. The van der Waals surface area contributed by atoms with Gasteiger partial charge in [-0.2, -0.15) is 8.78 Å². The number of hydrogen-bond donors (Lipinski definition) is 0. The first-order valence-corrected chi connectivity index (χ1v) is 4.67. The van der Waals surface area contributed by atoms with E-state index < -0.39 is 11.1 Å². The van der Waals surface area contributed by atoms with Crippen molar-refractivity contribution in [3.8, 4) is 0 Å². The molecule has 0 nitrogen and oxygen atoms in total. The van der Waals surface area contributed by atoms with Gasteiger partial charge in [-0.1, -0.05) is 30.0 Å². The van der Waals surface area contributed by atoms with E-state index in [4.69, 9.17) is 11.6 Å². The van der Waals surface area contributed by atoms with Crippen molar-refractivity contribution in [2.45, 2.75) is 10.2 Å². The second kappa shape index (κ2) is 4.10. The van der Waals surface area contributed by atoms with Crippen molar-refractivity contribution in [3.05, 3.63) is 30.3 Å². The van der Waals surface area contributed by atoms with Gasteiger partial charge in [0.15, 0.2) is 0 Å². The van der Waals surface area contributed by atoms with Crippen molar-refractivity contribution in [1.82, 2.24) is 0 Å². The van der Waals surface area contributed by atoms with Gasteiger partial charge in [0.25, 0.3) is 0 Å². The fourth-order valence-electron chi connectivity index (χ4n) is 0.688. The summed E-state index contributed by atoms with van der Waals surface area (Å²) in [5.74, 6) is -0.660. The van der Waals surface area contributed by atoms with Gasteiger partial charge in [-0.3, -0.25) is 0 Å². The molecule has 1 rings (SSSR count). The number of benzene rings is 1. The molecule has 0 atom stereocenters. The van der Waals surface area contributed by atoms with Gasteiger partial charge in [0, 0.05) is 4.90 Å². The SMILES string of the molecule is FC(F)(CCl)Sc1ccccc1. The molecule has 1 aromatic carbocycles. The van der Waals surface area contributed by atoms with Crippen LogP contribution in [0, 0.1) is 0 Å². The first-order chi connectivity index (χ1) is 5.64. The van der Waals surface area contributed by atoms with Crippen LogP contribution < -0.4 is 0 Å². The summed E-state index contributed by atoms with van der Waals surface area (Å²) in [5.41, 5.74) is 0. The summed E-state index contributed by atoms with van der Waals surface area (Å²) in [6.07, 6.45) is 0. The lowest BCUT2D eigenvalue weighted by atomic mass is 10.4. The highest BCUT2D eigenvalue weighted by molar-refractivity contribution is 8.00. The van der Waals surface area contributed by atoms with Gasteiger partial charge >= 0.3 is 5.25 Å². The fourth-order valence-corrected chi connectivity index (χ4v) is 1.54. The van der Waals surface area contributed by atoms with Crippen LogP contribution in [0.15, 0.2) is 35.2 Å². The number of halogens is 3. The van der Waals surface area contributed by atoms with Crippen LogP contribution >= 0.6 is 23.4 Å². The predicted molar refractivity (Wildman–Crippen MR) is 48.0 cm³/mol. The molecule has 0 aliphatic rings. The second-order valence-corrected chi connectivity index (χ2v) is 3.73. The minimum Gasteiger partial charge on any atom is -0.192 e. The molecule has 0 amide bonds. The van der Waals surface area contributed by atoms with Crippen molar-refractivity contribution in [3.63, 3.8) is 0 Å². The molecule has 0 saturated heterocycles. The Hall–Kier alpha value is -0.280.